The number of carbonyl (C=O) groups is 2. The molecular formula is C26H32N4O3. The van der Waals surface area contributed by atoms with Crippen LogP contribution in [-0.4, -0.2) is 46.7 Å². The van der Waals surface area contributed by atoms with Crippen LogP contribution in [0.2, 0.25) is 0 Å². The van der Waals surface area contributed by atoms with Crippen molar-refractivity contribution in [3.63, 3.8) is 0 Å². The maximum absolute atomic E-state index is 13.2. The van der Waals surface area contributed by atoms with E-state index < -0.39 is 0 Å². The lowest BCUT2D eigenvalue weighted by molar-refractivity contribution is -0.129. The summed E-state index contributed by atoms with van der Waals surface area (Å²) in [4.78, 5) is 31.5. The van der Waals surface area contributed by atoms with Crippen LogP contribution in [0.15, 0.2) is 54.7 Å². The number of nitrogens with zero attached hydrogens (tertiary/aromatic N) is 2. The first-order valence-corrected chi connectivity index (χ1v) is 11.8. The zero-order valence-electron chi connectivity index (χ0n) is 18.9. The number of anilines is 1. The van der Waals surface area contributed by atoms with Gasteiger partial charge in [-0.2, -0.15) is 0 Å². The normalized spacial score (nSPS) is 13.4. The molecule has 0 aliphatic carbocycles. The van der Waals surface area contributed by atoms with Crippen LogP contribution in [-0.2, 0) is 4.79 Å². The summed E-state index contributed by atoms with van der Waals surface area (Å²) in [6, 6.07) is 16.8. The zero-order chi connectivity index (χ0) is 23.0. The summed E-state index contributed by atoms with van der Waals surface area (Å²) in [6.07, 6.45) is 7.80. The Hall–Kier alpha value is -3.32. The van der Waals surface area contributed by atoms with Crippen molar-refractivity contribution < 1.29 is 14.8 Å². The van der Waals surface area contributed by atoms with Crippen molar-refractivity contribution in [3.05, 3.63) is 54.7 Å². The van der Waals surface area contributed by atoms with Gasteiger partial charge in [0.2, 0.25) is 5.91 Å². The smallest absolute Gasteiger partial charge is 0.324 e. The van der Waals surface area contributed by atoms with Crippen molar-refractivity contribution in [2.45, 2.75) is 44.9 Å². The van der Waals surface area contributed by atoms with Gasteiger partial charge in [-0.25, -0.2) is 10.3 Å². The predicted molar refractivity (Wildman–Crippen MR) is 130 cm³/mol. The monoisotopic (exact) mass is 448 g/mol. The number of hydroxylamine groups is 1. The molecule has 0 radical (unpaired) electrons. The van der Waals surface area contributed by atoms with Gasteiger partial charge in [0.15, 0.2) is 0 Å². The van der Waals surface area contributed by atoms with Crippen LogP contribution in [0.1, 0.15) is 44.9 Å². The molecule has 0 saturated carbocycles. The molecule has 4 rings (SSSR count). The Morgan fingerprint density at radius 3 is 2.42 bits per heavy atom. The van der Waals surface area contributed by atoms with Crippen molar-refractivity contribution in [1.82, 2.24) is 15.4 Å². The molecule has 3 amide bonds. The number of likely N-dealkylation sites (tertiary alicyclic amines) is 1. The summed E-state index contributed by atoms with van der Waals surface area (Å²) in [5, 5.41) is 9.77. The van der Waals surface area contributed by atoms with Crippen molar-refractivity contribution in [2.75, 3.05) is 24.5 Å². The van der Waals surface area contributed by atoms with Gasteiger partial charge in [0.1, 0.15) is 0 Å². The lowest BCUT2D eigenvalue weighted by Crippen LogP contribution is -2.42. The number of aromatic nitrogens is 1. The minimum atomic E-state index is -0.351. The van der Waals surface area contributed by atoms with Crippen LogP contribution >= 0.6 is 0 Å². The fourth-order valence-corrected chi connectivity index (χ4v) is 4.44. The average Bonchev–Trinajstić information content (AvgIpc) is 3.55. The lowest BCUT2D eigenvalue weighted by Gasteiger charge is -2.28. The molecule has 0 atom stereocenters. The van der Waals surface area contributed by atoms with Gasteiger partial charge in [-0.05, 0) is 66.5 Å². The van der Waals surface area contributed by atoms with Crippen molar-refractivity contribution in [3.8, 4) is 11.1 Å². The number of nitrogens with one attached hydrogen (secondary N) is 2. The Labute approximate surface area is 194 Å². The highest BCUT2D eigenvalue weighted by Gasteiger charge is 2.24. The SMILES string of the molecule is O=C(CCCCCCN(C(=O)N1CCCC1)c1ccc(-c2ccc3cc[nH]c3c2)cc1)NO. The first-order valence-electron chi connectivity index (χ1n) is 11.8. The standard InChI is InChI=1S/C26H32N4O3/c31-25(28-33)7-3-1-2-4-18-30(26(32)29-16-5-6-17-29)23-12-10-20(11-13-23)22-9-8-21-14-15-27-24(21)19-22/h8-15,19,27,33H,1-7,16-18H2,(H,28,31). The van der Waals surface area contributed by atoms with E-state index in [1.54, 1.807) is 5.48 Å². The lowest BCUT2D eigenvalue weighted by atomic mass is 10.0. The third-order valence-corrected chi connectivity index (χ3v) is 6.34. The summed E-state index contributed by atoms with van der Waals surface area (Å²) < 4.78 is 0. The molecule has 1 fully saturated rings. The zero-order valence-corrected chi connectivity index (χ0v) is 18.9. The van der Waals surface area contributed by atoms with Crippen LogP contribution in [0.25, 0.3) is 22.0 Å². The van der Waals surface area contributed by atoms with E-state index in [0.717, 1.165) is 73.9 Å². The molecule has 1 aliphatic rings. The maximum Gasteiger partial charge on any atom is 0.324 e. The van der Waals surface area contributed by atoms with Crippen LogP contribution in [0.4, 0.5) is 10.5 Å². The molecule has 0 spiro atoms. The first-order chi connectivity index (χ1) is 16.2. The number of fused-ring (bicyclic) bond motifs is 1. The van der Waals surface area contributed by atoms with Gasteiger partial charge in [-0.1, -0.05) is 37.1 Å². The van der Waals surface area contributed by atoms with Gasteiger partial charge in [0, 0.05) is 43.5 Å². The van der Waals surface area contributed by atoms with Crippen LogP contribution < -0.4 is 10.4 Å². The number of amides is 3. The Kier molecular flexibility index (Phi) is 7.62. The third kappa shape index (κ3) is 5.73. The number of carbonyl (C=O) groups excluding carboxylic acids is 2. The van der Waals surface area contributed by atoms with Crippen molar-refractivity contribution >= 4 is 28.5 Å². The summed E-state index contributed by atoms with van der Waals surface area (Å²) in [6.45, 7) is 2.29. The van der Waals surface area contributed by atoms with Gasteiger partial charge >= 0.3 is 6.03 Å². The average molecular weight is 449 g/mol. The van der Waals surface area contributed by atoms with Gasteiger partial charge < -0.3 is 9.88 Å². The van der Waals surface area contributed by atoms with Gasteiger partial charge in [-0.3, -0.25) is 14.9 Å². The predicted octanol–water partition coefficient (Wildman–Crippen LogP) is 5.31. The minimum Gasteiger partial charge on any atom is -0.361 e. The topological polar surface area (TPSA) is 88.7 Å². The van der Waals surface area contributed by atoms with E-state index in [9.17, 15) is 9.59 Å². The number of H-pyrrole nitrogens is 1. The van der Waals surface area contributed by atoms with Crippen LogP contribution in [0.3, 0.4) is 0 Å². The number of unbranched alkanes of at least 4 members (excludes halogenated alkanes) is 3. The minimum absolute atomic E-state index is 0.0766. The molecule has 1 saturated heterocycles. The van der Waals surface area contributed by atoms with Gasteiger partial charge in [0.25, 0.3) is 0 Å². The number of hydrogen-bond acceptors (Lipinski definition) is 3. The van der Waals surface area contributed by atoms with E-state index in [4.69, 9.17) is 5.21 Å². The molecule has 1 aromatic heterocycles. The number of hydrogen-bond donors (Lipinski definition) is 3. The molecule has 3 aromatic rings. The van der Waals surface area contributed by atoms with Crippen molar-refractivity contribution in [1.29, 1.82) is 0 Å². The molecular weight excluding hydrogens is 416 g/mol. The highest BCUT2D eigenvalue weighted by molar-refractivity contribution is 5.92. The Balaban J connectivity index is 1.42. The quantitative estimate of drug-likeness (QED) is 0.235. The molecule has 2 aromatic carbocycles. The van der Waals surface area contributed by atoms with Gasteiger partial charge in [0.05, 0.1) is 0 Å². The fraction of sp³-hybridized carbons (Fsp3) is 0.385. The highest BCUT2D eigenvalue weighted by Crippen LogP contribution is 2.27. The Bertz CT molecular complexity index is 1070. The Morgan fingerprint density at radius 2 is 1.67 bits per heavy atom. The molecule has 33 heavy (non-hydrogen) atoms. The van der Waals surface area contributed by atoms with E-state index in [1.165, 1.54) is 5.39 Å². The largest absolute Gasteiger partial charge is 0.361 e. The number of rotatable bonds is 9. The highest BCUT2D eigenvalue weighted by atomic mass is 16.5. The second-order valence-electron chi connectivity index (χ2n) is 8.65. The second kappa shape index (κ2) is 11.0. The molecule has 174 valence electrons. The third-order valence-electron chi connectivity index (χ3n) is 6.34. The van der Waals surface area contributed by atoms with E-state index >= 15 is 0 Å². The number of benzene rings is 2. The summed E-state index contributed by atoms with van der Waals surface area (Å²) in [5.41, 5.74) is 5.95. The van der Waals surface area contributed by atoms with E-state index in [2.05, 4.69) is 41.4 Å². The summed E-state index contributed by atoms with van der Waals surface area (Å²) >= 11 is 0. The maximum atomic E-state index is 13.2. The molecule has 0 unspecified atom stereocenters. The van der Waals surface area contributed by atoms with Crippen molar-refractivity contribution in [2.24, 2.45) is 0 Å². The van der Waals surface area contributed by atoms with E-state index in [0.29, 0.717) is 13.0 Å². The molecule has 2 heterocycles. The molecule has 0 bridgehead atoms. The first kappa shape index (κ1) is 22.9. The summed E-state index contributed by atoms with van der Waals surface area (Å²) in [7, 11) is 0. The number of urea groups is 1. The van der Waals surface area contributed by atoms with Gasteiger partial charge in [-0.15, -0.1) is 0 Å². The Morgan fingerprint density at radius 1 is 0.939 bits per heavy atom. The molecule has 7 nitrogen and oxygen atoms in total. The molecule has 1 aliphatic heterocycles. The van der Waals surface area contributed by atoms with Crippen LogP contribution in [0, 0.1) is 0 Å². The molecule has 3 N–H and O–H groups in total. The van der Waals surface area contributed by atoms with E-state index in [1.807, 2.05) is 28.1 Å². The fourth-order valence-electron chi connectivity index (χ4n) is 4.44. The molecule has 7 heteroatoms. The number of aromatic amines is 1. The van der Waals surface area contributed by atoms with Crippen LogP contribution in [0.5, 0.6) is 0 Å². The summed E-state index contributed by atoms with van der Waals surface area (Å²) in [5.74, 6) is -0.351. The van der Waals surface area contributed by atoms with E-state index in [-0.39, 0.29) is 11.9 Å². The second-order valence-corrected chi connectivity index (χ2v) is 8.65.